The van der Waals surface area contributed by atoms with Crippen molar-refractivity contribution in [2.45, 2.75) is 0 Å². The number of rotatable bonds is 6. The number of ether oxygens (including phenoxy) is 2. The lowest BCUT2D eigenvalue weighted by Crippen LogP contribution is -2.51. The maximum Gasteiger partial charge on any atom is 0.263 e. The molecule has 154 valence electrons. The van der Waals surface area contributed by atoms with Gasteiger partial charge in [0.15, 0.2) is 23.2 Å². The SMILES string of the molecule is COc1cc(C=C2C(=O)NC(=S)NC2=O)ccc1OCC(=O)Nc1ccccc1F. The fraction of sp³-hybridized carbons (Fsp3) is 0.100. The first-order valence-corrected chi connectivity index (χ1v) is 9.02. The molecule has 3 rings (SSSR count). The van der Waals surface area contributed by atoms with Crippen molar-refractivity contribution in [3.63, 3.8) is 0 Å². The van der Waals surface area contributed by atoms with Gasteiger partial charge in [0.2, 0.25) is 0 Å². The topological polar surface area (TPSA) is 106 Å². The minimum atomic E-state index is -0.618. The standard InChI is InChI=1S/C20H16FN3O5S/c1-28-16-9-11(8-12-18(26)23-20(30)24-19(12)27)6-7-15(16)29-10-17(25)22-14-5-3-2-4-13(14)21/h2-9H,10H2,1H3,(H,22,25)(H2,23,24,26,27,30). The van der Waals surface area contributed by atoms with Crippen LogP contribution in [0.25, 0.3) is 6.08 Å². The van der Waals surface area contributed by atoms with Crippen molar-refractivity contribution in [3.05, 3.63) is 59.4 Å². The second kappa shape index (κ2) is 9.14. The highest BCUT2D eigenvalue weighted by atomic mass is 32.1. The molecule has 0 spiro atoms. The summed E-state index contributed by atoms with van der Waals surface area (Å²) in [6.45, 7) is -0.382. The third-order valence-corrected chi connectivity index (χ3v) is 4.15. The molecule has 0 aliphatic carbocycles. The quantitative estimate of drug-likeness (QED) is 0.367. The fourth-order valence-corrected chi connectivity index (χ4v) is 2.74. The van der Waals surface area contributed by atoms with Gasteiger partial charge in [-0.1, -0.05) is 18.2 Å². The van der Waals surface area contributed by atoms with E-state index in [-0.39, 0.29) is 34.5 Å². The summed E-state index contributed by atoms with van der Waals surface area (Å²) >= 11 is 4.75. The molecule has 1 heterocycles. The molecule has 2 aromatic rings. The van der Waals surface area contributed by atoms with Gasteiger partial charge < -0.3 is 14.8 Å². The van der Waals surface area contributed by atoms with E-state index in [0.717, 1.165) is 0 Å². The number of hydrogen-bond donors (Lipinski definition) is 3. The predicted octanol–water partition coefficient (Wildman–Crippen LogP) is 1.77. The summed E-state index contributed by atoms with van der Waals surface area (Å²) in [5.74, 6) is -1.82. The number of halogens is 1. The summed E-state index contributed by atoms with van der Waals surface area (Å²) < 4.78 is 24.3. The zero-order valence-electron chi connectivity index (χ0n) is 15.7. The van der Waals surface area contributed by atoms with Gasteiger partial charge in [0.1, 0.15) is 11.4 Å². The zero-order chi connectivity index (χ0) is 21.7. The maximum atomic E-state index is 13.6. The lowest BCUT2D eigenvalue weighted by Gasteiger charge is -2.16. The van der Waals surface area contributed by atoms with Crippen LogP contribution in [0, 0.1) is 5.82 Å². The largest absolute Gasteiger partial charge is 0.493 e. The molecule has 0 bridgehead atoms. The van der Waals surface area contributed by atoms with E-state index in [1.807, 2.05) is 0 Å². The molecular weight excluding hydrogens is 413 g/mol. The van der Waals surface area contributed by atoms with Crippen molar-refractivity contribution < 1.29 is 28.2 Å². The fourth-order valence-electron chi connectivity index (χ4n) is 2.56. The van der Waals surface area contributed by atoms with E-state index >= 15 is 0 Å². The lowest BCUT2D eigenvalue weighted by atomic mass is 10.1. The predicted molar refractivity (Wildman–Crippen MR) is 110 cm³/mol. The van der Waals surface area contributed by atoms with Crippen LogP contribution in [-0.2, 0) is 14.4 Å². The van der Waals surface area contributed by atoms with Crippen molar-refractivity contribution in [2.75, 3.05) is 19.0 Å². The first-order chi connectivity index (χ1) is 14.4. The summed E-state index contributed by atoms with van der Waals surface area (Å²) in [7, 11) is 1.40. The molecular formula is C20H16FN3O5S. The Morgan fingerprint density at radius 2 is 1.83 bits per heavy atom. The molecule has 0 unspecified atom stereocenters. The number of benzene rings is 2. The molecule has 0 saturated carbocycles. The lowest BCUT2D eigenvalue weighted by molar-refractivity contribution is -0.123. The van der Waals surface area contributed by atoms with Gasteiger partial charge in [0.05, 0.1) is 12.8 Å². The monoisotopic (exact) mass is 429 g/mol. The number of carbonyl (C=O) groups is 3. The minimum Gasteiger partial charge on any atom is -0.493 e. The molecule has 3 N–H and O–H groups in total. The number of amides is 3. The third kappa shape index (κ3) is 4.97. The number of methoxy groups -OCH3 is 1. The van der Waals surface area contributed by atoms with Gasteiger partial charge in [-0.15, -0.1) is 0 Å². The Morgan fingerprint density at radius 1 is 1.13 bits per heavy atom. The van der Waals surface area contributed by atoms with Gasteiger partial charge in [0, 0.05) is 0 Å². The average molecular weight is 429 g/mol. The molecule has 1 saturated heterocycles. The van der Waals surface area contributed by atoms with Gasteiger partial charge in [-0.3, -0.25) is 25.0 Å². The van der Waals surface area contributed by atoms with Crippen LogP contribution in [0.5, 0.6) is 11.5 Å². The summed E-state index contributed by atoms with van der Waals surface area (Å²) in [5.41, 5.74) is 0.412. The summed E-state index contributed by atoms with van der Waals surface area (Å²) in [6.07, 6.45) is 1.36. The molecule has 30 heavy (non-hydrogen) atoms. The van der Waals surface area contributed by atoms with Gasteiger partial charge in [-0.05, 0) is 48.1 Å². The van der Waals surface area contributed by atoms with E-state index in [2.05, 4.69) is 16.0 Å². The Morgan fingerprint density at radius 3 is 2.50 bits per heavy atom. The number of thiocarbonyl (C=S) groups is 1. The van der Waals surface area contributed by atoms with Crippen molar-refractivity contribution in [1.82, 2.24) is 10.6 Å². The van der Waals surface area contributed by atoms with Gasteiger partial charge in [-0.25, -0.2) is 4.39 Å². The van der Waals surface area contributed by atoms with E-state index in [9.17, 15) is 18.8 Å². The molecule has 0 atom stereocenters. The molecule has 1 fully saturated rings. The Labute approximate surface area is 176 Å². The van der Waals surface area contributed by atoms with Crippen molar-refractivity contribution >= 4 is 46.8 Å². The maximum absolute atomic E-state index is 13.6. The van der Waals surface area contributed by atoms with Crippen molar-refractivity contribution in [3.8, 4) is 11.5 Å². The van der Waals surface area contributed by atoms with E-state index in [0.29, 0.717) is 5.56 Å². The summed E-state index contributed by atoms with van der Waals surface area (Å²) in [4.78, 5) is 35.9. The van der Waals surface area contributed by atoms with Crippen molar-refractivity contribution in [1.29, 1.82) is 0 Å². The van der Waals surface area contributed by atoms with E-state index < -0.39 is 23.5 Å². The molecule has 2 aromatic carbocycles. The Balaban J connectivity index is 1.70. The van der Waals surface area contributed by atoms with Crippen molar-refractivity contribution in [2.24, 2.45) is 0 Å². The molecule has 0 radical (unpaired) electrons. The van der Waals surface area contributed by atoms with Gasteiger partial charge >= 0.3 is 0 Å². The summed E-state index contributed by atoms with van der Waals surface area (Å²) in [5, 5.41) is 7.03. The number of para-hydroxylation sites is 1. The van der Waals surface area contributed by atoms with E-state index in [1.54, 1.807) is 12.1 Å². The smallest absolute Gasteiger partial charge is 0.263 e. The highest BCUT2D eigenvalue weighted by Crippen LogP contribution is 2.29. The van der Waals surface area contributed by atoms with Crippen LogP contribution in [0.3, 0.4) is 0 Å². The van der Waals surface area contributed by atoms with E-state index in [4.69, 9.17) is 21.7 Å². The van der Waals surface area contributed by atoms with Crippen LogP contribution < -0.4 is 25.4 Å². The van der Waals surface area contributed by atoms with Crippen LogP contribution in [0.1, 0.15) is 5.56 Å². The van der Waals surface area contributed by atoms with E-state index in [1.165, 1.54) is 43.5 Å². The molecule has 1 aliphatic rings. The van der Waals surface area contributed by atoms with Crippen LogP contribution in [-0.4, -0.2) is 36.6 Å². The molecule has 1 aliphatic heterocycles. The summed E-state index contributed by atoms with van der Waals surface area (Å²) in [6, 6.07) is 10.4. The number of hydrogen-bond acceptors (Lipinski definition) is 6. The Hall–Kier alpha value is -3.79. The third-order valence-electron chi connectivity index (χ3n) is 3.95. The first-order valence-electron chi connectivity index (χ1n) is 8.61. The Bertz CT molecular complexity index is 1050. The Kier molecular flexibility index (Phi) is 6.38. The van der Waals surface area contributed by atoms with Gasteiger partial charge in [-0.2, -0.15) is 0 Å². The van der Waals surface area contributed by atoms with Crippen LogP contribution in [0.4, 0.5) is 10.1 Å². The molecule has 8 nitrogen and oxygen atoms in total. The number of nitrogens with one attached hydrogen (secondary N) is 3. The average Bonchev–Trinajstić information content (AvgIpc) is 2.71. The van der Waals surface area contributed by atoms with Crippen LogP contribution >= 0.6 is 12.2 Å². The zero-order valence-corrected chi connectivity index (χ0v) is 16.5. The van der Waals surface area contributed by atoms with Crippen LogP contribution in [0.15, 0.2) is 48.0 Å². The molecule has 3 amide bonds. The molecule has 0 aromatic heterocycles. The number of carbonyl (C=O) groups excluding carboxylic acids is 3. The van der Waals surface area contributed by atoms with Gasteiger partial charge in [0.25, 0.3) is 17.7 Å². The normalized spacial score (nSPS) is 13.3. The second-order valence-electron chi connectivity index (χ2n) is 6.02. The highest BCUT2D eigenvalue weighted by molar-refractivity contribution is 7.80. The highest BCUT2D eigenvalue weighted by Gasteiger charge is 2.25. The second-order valence-corrected chi connectivity index (χ2v) is 6.43. The first kappa shape index (κ1) is 20.9. The number of anilines is 1. The molecule has 10 heteroatoms. The van der Waals surface area contributed by atoms with Crippen LogP contribution in [0.2, 0.25) is 0 Å². The minimum absolute atomic E-state index is 0.0450.